The molecule has 0 amide bonds. The minimum atomic E-state index is 0.444. The molecular weight excluding hydrogens is 272 g/mol. The third kappa shape index (κ3) is 3.96. The van der Waals surface area contributed by atoms with Gasteiger partial charge in [0.25, 0.3) is 0 Å². The lowest BCUT2D eigenvalue weighted by Crippen LogP contribution is -2.31. The van der Waals surface area contributed by atoms with Gasteiger partial charge in [0, 0.05) is 18.3 Å². The molecule has 112 valence electrons. The van der Waals surface area contributed by atoms with Crippen LogP contribution >= 0.6 is 11.8 Å². The summed E-state index contributed by atoms with van der Waals surface area (Å²) in [6.45, 7) is 8.62. The van der Waals surface area contributed by atoms with Crippen LogP contribution in [-0.4, -0.2) is 33.3 Å². The standard InChI is InChI=1S/C13H24N6S/c1-9(2)10(3)20-13-16-11(18-14)15-12(17-13)19-7-5-4-6-8-19/h9-10H,4-8,14H2,1-3H3,(H,15,16,17,18). The van der Waals surface area contributed by atoms with Crippen LogP contribution in [0.1, 0.15) is 40.0 Å². The number of nitrogens with two attached hydrogens (primary N) is 1. The number of hydrazine groups is 1. The molecule has 1 aliphatic rings. The maximum Gasteiger partial charge on any atom is 0.242 e. The predicted molar refractivity (Wildman–Crippen MR) is 83.9 cm³/mol. The molecule has 0 radical (unpaired) electrons. The lowest BCUT2D eigenvalue weighted by Gasteiger charge is -2.27. The van der Waals surface area contributed by atoms with Gasteiger partial charge in [-0.1, -0.05) is 32.5 Å². The first kappa shape index (κ1) is 15.3. The highest BCUT2D eigenvalue weighted by Crippen LogP contribution is 2.27. The van der Waals surface area contributed by atoms with E-state index in [4.69, 9.17) is 5.84 Å². The van der Waals surface area contributed by atoms with Crippen LogP contribution in [0.2, 0.25) is 0 Å². The summed E-state index contributed by atoms with van der Waals surface area (Å²) < 4.78 is 0. The van der Waals surface area contributed by atoms with Crippen LogP contribution in [0.5, 0.6) is 0 Å². The first-order valence-corrected chi connectivity index (χ1v) is 8.12. The van der Waals surface area contributed by atoms with E-state index in [-0.39, 0.29) is 0 Å². The highest BCUT2D eigenvalue weighted by molar-refractivity contribution is 7.99. The Hall–Kier alpha value is -1.08. The van der Waals surface area contributed by atoms with E-state index in [0.717, 1.165) is 24.2 Å². The molecule has 20 heavy (non-hydrogen) atoms. The Kier molecular flexibility index (Phi) is 5.42. The fourth-order valence-electron chi connectivity index (χ4n) is 2.00. The fraction of sp³-hybridized carbons (Fsp3) is 0.769. The van der Waals surface area contributed by atoms with Crippen molar-refractivity contribution in [2.24, 2.45) is 11.8 Å². The smallest absolute Gasteiger partial charge is 0.242 e. The van der Waals surface area contributed by atoms with Crippen molar-refractivity contribution < 1.29 is 0 Å². The van der Waals surface area contributed by atoms with Gasteiger partial charge in [-0.25, -0.2) is 5.84 Å². The Balaban J connectivity index is 2.19. The van der Waals surface area contributed by atoms with Crippen molar-refractivity contribution in [1.29, 1.82) is 0 Å². The average molecular weight is 296 g/mol. The fourth-order valence-corrected chi connectivity index (χ4v) is 2.88. The van der Waals surface area contributed by atoms with Crippen molar-refractivity contribution in [2.75, 3.05) is 23.4 Å². The molecule has 2 rings (SSSR count). The van der Waals surface area contributed by atoms with Gasteiger partial charge in [0.15, 0.2) is 5.16 Å². The second kappa shape index (κ2) is 7.08. The van der Waals surface area contributed by atoms with Crippen LogP contribution in [0.4, 0.5) is 11.9 Å². The number of thioether (sulfide) groups is 1. The molecule has 0 aromatic carbocycles. The van der Waals surface area contributed by atoms with Gasteiger partial charge >= 0.3 is 0 Å². The summed E-state index contributed by atoms with van der Waals surface area (Å²) in [4.78, 5) is 15.5. The van der Waals surface area contributed by atoms with E-state index >= 15 is 0 Å². The van der Waals surface area contributed by atoms with E-state index in [1.165, 1.54) is 19.3 Å². The first-order valence-electron chi connectivity index (χ1n) is 7.24. The number of aromatic nitrogens is 3. The molecule has 0 aliphatic carbocycles. The van der Waals surface area contributed by atoms with Crippen molar-refractivity contribution in [3.63, 3.8) is 0 Å². The molecule has 6 nitrogen and oxygen atoms in total. The van der Waals surface area contributed by atoms with E-state index in [0.29, 0.717) is 17.1 Å². The Morgan fingerprint density at radius 3 is 2.40 bits per heavy atom. The van der Waals surface area contributed by atoms with Gasteiger partial charge in [0.05, 0.1) is 0 Å². The van der Waals surface area contributed by atoms with Crippen LogP contribution in [0.15, 0.2) is 5.16 Å². The average Bonchev–Trinajstić information content (AvgIpc) is 2.47. The largest absolute Gasteiger partial charge is 0.341 e. The SMILES string of the molecule is CC(C)C(C)Sc1nc(NN)nc(N2CCCCC2)n1. The number of hydrogen-bond donors (Lipinski definition) is 2. The molecule has 0 spiro atoms. The number of nitrogens with one attached hydrogen (secondary N) is 1. The third-order valence-electron chi connectivity index (χ3n) is 3.60. The molecular formula is C13H24N6S. The Morgan fingerprint density at radius 2 is 1.80 bits per heavy atom. The van der Waals surface area contributed by atoms with Crippen LogP contribution < -0.4 is 16.2 Å². The van der Waals surface area contributed by atoms with E-state index in [9.17, 15) is 0 Å². The van der Waals surface area contributed by atoms with E-state index in [1.54, 1.807) is 11.8 Å². The number of nitrogens with zero attached hydrogens (tertiary/aromatic N) is 4. The second-order valence-electron chi connectivity index (χ2n) is 5.50. The predicted octanol–water partition coefficient (Wildman–Crippen LogP) is 2.28. The van der Waals surface area contributed by atoms with Gasteiger partial charge < -0.3 is 4.90 Å². The maximum absolute atomic E-state index is 5.48. The Bertz CT molecular complexity index is 433. The molecule has 1 fully saturated rings. The minimum Gasteiger partial charge on any atom is -0.341 e. The first-order chi connectivity index (χ1) is 9.60. The van der Waals surface area contributed by atoms with Crippen LogP contribution in [0.25, 0.3) is 0 Å². The van der Waals surface area contributed by atoms with Gasteiger partial charge in [-0.05, 0) is 25.2 Å². The zero-order valence-corrected chi connectivity index (χ0v) is 13.3. The zero-order chi connectivity index (χ0) is 14.5. The topological polar surface area (TPSA) is 80.0 Å². The van der Waals surface area contributed by atoms with Gasteiger partial charge in [0.1, 0.15) is 0 Å². The molecule has 0 bridgehead atoms. The number of hydrogen-bond acceptors (Lipinski definition) is 7. The number of rotatable bonds is 5. The molecule has 1 aromatic heterocycles. The van der Waals surface area contributed by atoms with Crippen molar-refractivity contribution >= 4 is 23.7 Å². The second-order valence-corrected chi connectivity index (χ2v) is 6.85. The summed E-state index contributed by atoms with van der Waals surface area (Å²) in [6.07, 6.45) is 3.68. The quantitative estimate of drug-likeness (QED) is 0.490. The maximum atomic E-state index is 5.48. The van der Waals surface area contributed by atoms with Gasteiger partial charge in [0.2, 0.25) is 11.9 Å². The molecule has 1 atom stereocenters. The third-order valence-corrected chi connectivity index (χ3v) is 4.91. The summed E-state index contributed by atoms with van der Waals surface area (Å²) >= 11 is 1.67. The molecule has 1 saturated heterocycles. The molecule has 1 unspecified atom stereocenters. The monoisotopic (exact) mass is 296 g/mol. The van der Waals surface area contributed by atoms with Crippen molar-refractivity contribution in [2.45, 2.75) is 50.4 Å². The van der Waals surface area contributed by atoms with Crippen molar-refractivity contribution in [1.82, 2.24) is 15.0 Å². The normalized spacial score (nSPS) is 17.4. The van der Waals surface area contributed by atoms with Crippen LogP contribution in [-0.2, 0) is 0 Å². The van der Waals surface area contributed by atoms with Crippen LogP contribution in [0, 0.1) is 5.92 Å². The summed E-state index contributed by atoms with van der Waals surface area (Å²) in [6, 6.07) is 0. The molecule has 1 aromatic rings. The van der Waals surface area contributed by atoms with Crippen LogP contribution in [0.3, 0.4) is 0 Å². The number of nitrogen functional groups attached to an aromatic ring is 1. The molecule has 3 N–H and O–H groups in total. The number of piperidine rings is 1. The van der Waals surface area contributed by atoms with Crippen molar-refractivity contribution in [3.05, 3.63) is 0 Å². The summed E-state index contributed by atoms with van der Waals surface area (Å²) in [5, 5.41) is 1.20. The molecule has 2 heterocycles. The Labute approximate surface area is 124 Å². The molecule has 1 aliphatic heterocycles. The lowest BCUT2D eigenvalue weighted by atomic mass is 10.1. The molecule has 7 heteroatoms. The van der Waals surface area contributed by atoms with Gasteiger partial charge in [-0.15, -0.1) is 0 Å². The minimum absolute atomic E-state index is 0.444. The summed E-state index contributed by atoms with van der Waals surface area (Å²) in [7, 11) is 0. The number of anilines is 2. The van der Waals surface area contributed by atoms with Crippen molar-refractivity contribution in [3.8, 4) is 0 Å². The lowest BCUT2D eigenvalue weighted by molar-refractivity contribution is 0.564. The Morgan fingerprint density at radius 1 is 1.10 bits per heavy atom. The molecule has 0 saturated carbocycles. The van der Waals surface area contributed by atoms with Gasteiger partial charge in [-0.2, -0.15) is 15.0 Å². The highest BCUT2D eigenvalue weighted by Gasteiger charge is 2.18. The summed E-state index contributed by atoms with van der Waals surface area (Å²) in [5.41, 5.74) is 2.55. The highest BCUT2D eigenvalue weighted by atomic mass is 32.2. The van der Waals surface area contributed by atoms with E-state index < -0.39 is 0 Å². The van der Waals surface area contributed by atoms with Gasteiger partial charge in [-0.3, -0.25) is 5.43 Å². The van der Waals surface area contributed by atoms with E-state index in [2.05, 4.69) is 46.0 Å². The van der Waals surface area contributed by atoms with E-state index in [1.807, 2.05) is 0 Å². The zero-order valence-electron chi connectivity index (χ0n) is 12.5. The summed E-state index contributed by atoms with van der Waals surface area (Å²) in [5.74, 6) is 7.24.